The van der Waals surface area contributed by atoms with E-state index in [2.05, 4.69) is 10.2 Å². The summed E-state index contributed by atoms with van der Waals surface area (Å²) in [7, 11) is 0. The number of hydrogen-bond donors (Lipinski definition) is 0. The number of hydrogen-bond acceptors (Lipinski definition) is 5. The summed E-state index contributed by atoms with van der Waals surface area (Å²) in [6.07, 6.45) is 1.59. The minimum Gasteiger partial charge on any atom is -0.419 e. The van der Waals surface area contributed by atoms with Crippen LogP contribution in [-0.4, -0.2) is 26.3 Å². The Bertz CT molecular complexity index is 893. The summed E-state index contributed by atoms with van der Waals surface area (Å²) >= 11 is 0. The van der Waals surface area contributed by atoms with Gasteiger partial charge in [-0.25, -0.2) is 0 Å². The average molecular weight is 325 g/mol. The van der Waals surface area contributed by atoms with Crippen LogP contribution in [-0.2, 0) is 16.0 Å². The van der Waals surface area contributed by atoms with Crippen LogP contribution in [0.1, 0.15) is 39.1 Å². The lowest BCUT2D eigenvalue weighted by Gasteiger charge is -2.16. The van der Waals surface area contributed by atoms with Crippen LogP contribution < -0.4 is 0 Å². The summed E-state index contributed by atoms with van der Waals surface area (Å²) in [4.78, 5) is 24.2. The first-order chi connectivity index (χ1) is 11.5. The molecule has 0 aliphatic carbocycles. The lowest BCUT2D eigenvalue weighted by Crippen LogP contribution is -2.24. The number of aryl methyl sites for hydroxylation is 1. The Morgan fingerprint density at radius 1 is 1.17 bits per heavy atom. The van der Waals surface area contributed by atoms with Crippen LogP contribution in [0, 0.1) is 0 Å². The monoisotopic (exact) mass is 325 g/mol. The number of rotatable bonds is 6. The predicted molar refractivity (Wildman–Crippen MR) is 89.6 cm³/mol. The van der Waals surface area contributed by atoms with E-state index in [1.54, 1.807) is 4.57 Å². The molecule has 2 heterocycles. The topological polar surface area (TPSA) is 78.0 Å². The van der Waals surface area contributed by atoms with Gasteiger partial charge in [0.2, 0.25) is 5.89 Å². The third-order valence-corrected chi connectivity index (χ3v) is 3.93. The van der Waals surface area contributed by atoms with Crippen molar-refractivity contribution in [1.29, 1.82) is 0 Å². The van der Waals surface area contributed by atoms with E-state index < -0.39 is 6.04 Å². The van der Waals surface area contributed by atoms with Crippen LogP contribution in [0.3, 0.4) is 0 Å². The van der Waals surface area contributed by atoms with Gasteiger partial charge in [-0.2, -0.15) is 0 Å². The van der Waals surface area contributed by atoms with Crippen molar-refractivity contribution in [2.75, 3.05) is 0 Å². The maximum atomic E-state index is 12.1. The van der Waals surface area contributed by atoms with Crippen molar-refractivity contribution in [3.05, 3.63) is 36.2 Å². The number of carbonyl (C=O) groups is 2. The van der Waals surface area contributed by atoms with Gasteiger partial charge >= 0.3 is 0 Å². The van der Waals surface area contributed by atoms with Crippen LogP contribution in [0.25, 0.3) is 22.5 Å². The number of para-hydroxylation sites is 1. The molecule has 0 N–H and O–H groups in total. The maximum absolute atomic E-state index is 12.1. The van der Waals surface area contributed by atoms with E-state index in [0.29, 0.717) is 23.9 Å². The highest BCUT2D eigenvalue weighted by molar-refractivity contribution is 6.04. The zero-order valence-electron chi connectivity index (χ0n) is 13.9. The molecular formula is C18H19N3O3. The van der Waals surface area contributed by atoms with Gasteiger partial charge in [0.15, 0.2) is 17.6 Å². The third kappa shape index (κ3) is 2.75. The lowest BCUT2D eigenvalue weighted by atomic mass is 10.1. The molecule has 124 valence electrons. The van der Waals surface area contributed by atoms with Gasteiger partial charge in [0.05, 0.1) is 0 Å². The van der Waals surface area contributed by atoms with Crippen LogP contribution in [0.4, 0.5) is 0 Å². The highest BCUT2D eigenvalue weighted by atomic mass is 16.4. The van der Waals surface area contributed by atoms with Gasteiger partial charge in [0.25, 0.3) is 5.89 Å². The molecule has 0 saturated carbocycles. The summed E-state index contributed by atoms with van der Waals surface area (Å²) in [6.45, 7) is 4.87. The molecule has 0 saturated heterocycles. The molecule has 2 aromatic heterocycles. The first-order valence-electron chi connectivity index (χ1n) is 7.96. The van der Waals surface area contributed by atoms with Gasteiger partial charge in [-0.05, 0) is 32.4 Å². The van der Waals surface area contributed by atoms with Gasteiger partial charge < -0.3 is 8.98 Å². The number of aromatic nitrogens is 3. The van der Waals surface area contributed by atoms with E-state index in [1.165, 1.54) is 13.8 Å². The second-order valence-electron chi connectivity index (χ2n) is 5.83. The van der Waals surface area contributed by atoms with Crippen LogP contribution in [0.2, 0.25) is 0 Å². The molecule has 0 amide bonds. The molecule has 1 aromatic carbocycles. The van der Waals surface area contributed by atoms with Crippen LogP contribution in [0.5, 0.6) is 0 Å². The van der Waals surface area contributed by atoms with Crippen LogP contribution in [0.15, 0.2) is 34.7 Å². The quantitative estimate of drug-likeness (QED) is 0.649. The molecule has 3 aromatic rings. The molecule has 0 atom stereocenters. The van der Waals surface area contributed by atoms with E-state index in [1.807, 2.05) is 37.3 Å². The van der Waals surface area contributed by atoms with Gasteiger partial charge in [0, 0.05) is 17.3 Å². The second kappa shape index (κ2) is 6.39. The molecule has 0 spiro atoms. The number of fused-ring (bicyclic) bond motifs is 1. The third-order valence-electron chi connectivity index (χ3n) is 3.93. The fourth-order valence-corrected chi connectivity index (χ4v) is 2.94. The minimum atomic E-state index is -0.901. The van der Waals surface area contributed by atoms with Crippen molar-refractivity contribution >= 4 is 22.5 Å². The Hall–Kier alpha value is -2.76. The first-order valence-corrected chi connectivity index (χ1v) is 7.96. The van der Waals surface area contributed by atoms with Crippen molar-refractivity contribution in [1.82, 2.24) is 14.8 Å². The molecule has 0 fully saturated rings. The Kier molecular flexibility index (Phi) is 4.29. The molecule has 24 heavy (non-hydrogen) atoms. The van der Waals surface area contributed by atoms with Gasteiger partial charge in [0.1, 0.15) is 5.69 Å². The van der Waals surface area contributed by atoms with Gasteiger partial charge in [-0.1, -0.05) is 25.1 Å². The number of carbonyl (C=O) groups excluding carboxylic acids is 2. The lowest BCUT2D eigenvalue weighted by molar-refractivity contribution is -0.129. The Labute approximate surface area is 139 Å². The normalized spacial score (nSPS) is 11.3. The van der Waals surface area contributed by atoms with E-state index in [9.17, 15) is 9.59 Å². The number of nitrogens with zero attached hydrogens (tertiary/aromatic N) is 3. The molecule has 0 bridgehead atoms. The van der Waals surface area contributed by atoms with E-state index in [-0.39, 0.29) is 11.6 Å². The molecular weight excluding hydrogens is 306 g/mol. The first kappa shape index (κ1) is 16.1. The van der Waals surface area contributed by atoms with Crippen molar-refractivity contribution in [2.24, 2.45) is 0 Å². The summed E-state index contributed by atoms with van der Waals surface area (Å²) in [5.41, 5.74) is 1.37. The van der Waals surface area contributed by atoms with Crippen molar-refractivity contribution < 1.29 is 14.0 Å². The highest BCUT2D eigenvalue weighted by Gasteiger charge is 2.28. The fraction of sp³-hybridized carbons (Fsp3) is 0.333. The van der Waals surface area contributed by atoms with Gasteiger partial charge in [-0.3, -0.25) is 9.59 Å². The second-order valence-corrected chi connectivity index (χ2v) is 5.83. The molecule has 3 rings (SSSR count). The van der Waals surface area contributed by atoms with E-state index in [0.717, 1.165) is 17.3 Å². The van der Waals surface area contributed by atoms with Crippen molar-refractivity contribution in [3.8, 4) is 11.6 Å². The Balaban J connectivity index is 2.24. The zero-order valence-corrected chi connectivity index (χ0v) is 13.9. The Morgan fingerprint density at radius 2 is 1.88 bits per heavy atom. The number of ketones is 2. The summed E-state index contributed by atoms with van der Waals surface area (Å²) in [5.74, 6) is 0.422. The molecule has 0 aliphatic rings. The van der Waals surface area contributed by atoms with Gasteiger partial charge in [-0.15, -0.1) is 10.2 Å². The van der Waals surface area contributed by atoms with Crippen LogP contribution >= 0.6 is 0 Å². The molecule has 6 nitrogen and oxygen atoms in total. The number of Topliss-reactive ketones (excluding diaryl/α,β-unsaturated/α-hetero) is 2. The van der Waals surface area contributed by atoms with E-state index in [4.69, 9.17) is 4.42 Å². The van der Waals surface area contributed by atoms with E-state index >= 15 is 0 Å². The standard InChI is InChI=1S/C18H19N3O3/c1-4-7-16-19-20-18(24-16)15-10-13-8-5-6-9-14(13)21(15)17(11(2)22)12(3)23/h5-6,8-10,17H,4,7H2,1-3H3. The summed E-state index contributed by atoms with van der Waals surface area (Å²) < 4.78 is 7.42. The predicted octanol–water partition coefficient (Wildman–Crippen LogP) is 3.36. The smallest absolute Gasteiger partial charge is 0.264 e. The molecule has 0 radical (unpaired) electrons. The van der Waals surface area contributed by atoms with Crippen molar-refractivity contribution in [2.45, 2.75) is 39.7 Å². The number of benzene rings is 1. The fourth-order valence-electron chi connectivity index (χ4n) is 2.94. The average Bonchev–Trinajstić information content (AvgIpc) is 3.12. The summed E-state index contributed by atoms with van der Waals surface area (Å²) in [6, 6.07) is 8.55. The van der Waals surface area contributed by atoms with Crippen molar-refractivity contribution in [3.63, 3.8) is 0 Å². The maximum Gasteiger partial charge on any atom is 0.264 e. The minimum absolute atomic E-state index is 0.224. The highest BCUT2D eigenvalue weighted by Crippen LogP contribution is 2.31. The summed E-state index contributed by atoms with van der Waals surface area (Å²) in [5, 5.41) is 9.06. The molecule has 0 unspecified atom stereocenters. The Morgan fingerprint density at radius 3 is 2.54 bits per heavy atom. The molecule has 0 aliphatic heterocycles. The SMILES string of the molecule is CCCc1nnc(-c2cc3ccccc3n2C(C(C)=O)C(C)=O)o1. The largest absolute Gasteiger partial charge is 0.419 e. The zero-order chi connectivity index (χ0) is 17.3. The molecule has 6 heteroatoms.